The summed E-state index contributed by atoms with van der Waals surface area (Å²) in [5.74, 6) is -1.32. The van der Waals surface area contributed by atoms with Crippen LogP contribution in [0.2, 0.25) is 0 Å². The number of hydrogen-bond acceptors (Lipinski definition) is 4. The van der Waals surface area contributed by atoms with Crippen LogP contribution in [0.15, 0.2) is 18.2 Å². The number of nitriles is 1. The van der Waals surface area contributed by atoms with Gasteiger partial charge in [-0.3, -0.25) is 4.79 Å². The second-order valence-electron chi connectivity index (χ2n) is 4.77. The van der Waals surface area contributed by atoms with E-state index in [1.54, 1.807) is 4.90 Å². The van der Waals surface area contributed by atoms with Crippen LogP contribution in [0.25, 0.3) is 0 Å². The monoisotopic (exact) mass is 294 g/mol. The van der Waals surface area contributed by atoms with Gasteiger partial charge in [0, 0.05) is 19.2 Å². The van der Waals surface area contributed by atoms with Crippen LogP contribution in [0.3, 0.4) is 0 Å². The number of rotatable bonds is 2. The number of thioether (sulfide) groups is 1. The number of carbonyl (C=O) groups excluding carboxylic acids is 1. The molecule has 1 aromatic rings. The summed E-state index contributed by atoms with van der Waals surface area (Å²) in [7, 11) is 0. The Morgan fingerprint density at radius 2 is 2.15 bits per heavy atom. The topological polar surface area (TPSA) is 64.3 Å². The van der Waals surface area contributed by atoms with Crippen LogP contribution in [0.1, 0.15) is 23.2 Å². The number of aromatic hydroxyl groups is 1. The molecule has 1 fully saturated rings. The maximum absolute atomic E-state index is 13.7. The number of phenols is 1. The molecule has 6 heteroatoms. The Kier molecular flexibility index (Phi) is 4.19. The van der Waals surface area contributed by atoms with Crippen molar-refractivity contribution in [1.82, 2.24) is 4.90 Å². The van der Waals surface area contributed by atoms with E-state index in [2.05, 4.69) is 6.07 Å². The predicted molar refractivity (Wildman–Crippen MR) is 75.1 cm³/mol. The first-order valence-corrected chi connectivity index (χ1v) is 7.48. The molecule has 0 saturated carbocycles. The molecule has 0 unspecified atom stereocenters. The molecule has 1 N–H and O–H groups in total. The van der Waals surface area contributed by atoms with Crippen LogP contribution in [0, 0.1) is 17.1 Å². The summed E-state index contributed by atoms with van der Waals surface area (Å²) in [6.07, 6.45) is 3.05. The summed E-state index contributed by atoms with van der Waals surface area (Å²) in [6, 6.07) is 5.81. The Labute approximate surface area is 121 Å². The molecular formula is C14H15FN2O2S. The van der Waals surface area contributed by atoms with E-state index in [0.29, 0.717) is 25.9 Å². The zero-order chi connectivity index (χ0) is 14.8. The number of hydrogen-bond donors (Lipinski definition) is 1. The quantitative estimate of drug-likeness (QED) is 0.909. The first-order valence-electron chi connectivity index (χ1n) is 6.25. The van der Waals surface area contributed by atoms with Crippen molar-refractivity contribution in [3.05, 3.63) is 29.6 Å². The fourth-order valence-corrected chi connectivity index (χ4v) is 2.96. The average molecular weight is 294 g/mol. The fraction of sp³-hybridized carbons (Fsp3) is 0.429. The van der Waals surface area contributed by atoms with Crippen LogP contribution in [0.5, 0.6) is 5.75 Å². The Bertz CT molecular complexity index is 563. The lowest BCUT2D eigenvalue weighted by Gasteiger charge is -2.36. The third-order valence-electron chi connectivity index (χ3n) is 3.64. The summed E-state index contributed by atoms with van der Waals surface area (Å²) < 4.78 is 13.2. The highest BCUT2D eigenvalue weighted by Crippen LogP contribution is 2.34. The number of amides is 1. The van der Waals surface area contributed by atoms with Crippen molar-refractivity contribution in [2.45, 2.75) is 17.6 Å². The summed E-state index contributed by atoms with van der Waals surface area (Å²) in [5, 5.41) is 18.4. The van der Waals surface area contributed by atoms with Crippen molar-refractivity contribution in [2.75, 3.05) is 19.3 Å². The molecule has 4 nitrogen and oxygen atoms in total. The van der Waals surface area contributed by atoms with Gasteiger partial charge in [-0.05, 0) is 31.2 Å². The van der Waals surface area contributed by atoms with E-state index in [9.17, 15) is 14.4 Å². The second-order valence-corrected chi connectivity index (χ2v) is 5.96. The molecular weight excluding hydrogens is 279 g/mol. The lowest BCUT2D eigenvalue weighted by Crippen LogP contribution is -2.44. The summed E-state index contributed by atoms with van der Waals surface area (Å²) in [5.41, 5.74) is -0.0450. The van der Waals surface area contributed by atoms with Gasteiger partial charge in [-0.2, -0.15) is 5.26 Å². The van der Waals surface area contributed by atoms with Gasteiger partial charge in [0.1, 0.15) is 16.3 Å². The summed E-state index contributed by atoms with van der Waals surface area (Å²) in [6.45, 7) is 0.876. The Balaban J connectivity index is 2.11. The minimum atomic E-state index is -0.725. The molecule has 0 aromatic heterocycles. The number of nitrogens with zero attached hydrogens (tertiary/aromatic N) is 2. The molecule has 0 bridgehead atoms. The molecule has 1 aliphatic heterocycles. The van der Waals surface area contributed by atoms with E-state index >= 15 is 0 Å². The lowest BCUT2D eigenvalue weighted by atomic mass is 9.96. The second kappa shape index (κ2) is 5.71. The van der Waals surface area contributed by atoms with Crippen LogP contribution < -0.4 is 0 Å². The van der Waals surface area contributed by atoms with Gasteiger partial charge in [-0.25, -0.2) is 4.39 Å². The highest BCUT2D eigenvalue weighted by atomic mass is 32.2. The molecule has 20 heavy (non-hydrogen) atoms. The molecule has 106 valence electrons. The minimum absolute atomic E-state index is 0.0450. The zero-order valence-corrected chi connectivity index (χ0v) is 11.9. The molecule has 0 radical (unpaired) electrons. The van der Waals surface area contributed by atoms with E-state index in [1.807, 2.05) is 6.26 Å². The van der Waals surface area contributed by atoms with Crippen molar-refractivity contribution >= 4 is 17.7 Å². The fourth-order valence-electron chi connectivity index (χ4n) is 2.28. The van der Waals surface area contributed by atoms with E-state index in [1.165, 1.54) is 23.9 Å². The predicted octanol–water partition coefficient (Wildman–Crippen LogP) is 2.39. The molecule has 0 aliphatic carbocycles. The molecule has 1 heterocycles. The molecule has 1 saturated heterocycles. The van der Waals surface area contributed by atoms with Gasteiger partial charge >= 0.3 is 0 Å². The summed E-state index contributed by atoms with van der Waals surface area (Å²) >= 11 is 1.50. The minimum Gasteiger partial charge on any atom is -0.508 e. The maximum atomic E-state index is 13.7. The van der Waals surface area contributed by atoms with Crippen molar-refractivity contribution in [2.24, 2.45) is 0 Å². The Morgan fingerprint density at radius 1 is 1.50 bits per heavy atom. The number of benzene rings is 1. The average Bonchev–Trinajstić information content (AvgIpc) is 2.47. The van der Waals surface area contributed by atoms with Gasteiger partial charge in [0.05, 0.1) is 11.6 Å². The van der Waals surface area contributed by atoms with Crippen LogP contribution in [0.4, 0.5) is 4.39 Å². The Morgan fingerprint density at radius 3 is 2.65 bits per heavy atom. The third kappa shape index (κ3) is 2.73. The highest BCUT2D eigenvalue weighted by Gasteiger charge is 2.36. The van der Waals surface area contributed by atoms with Crippen molar-refractivity contribution < 1.29 is 14.3 Å². The highest BCUT2D eigenvalue weighted by molar-refractivity contribution is 8.00. The van der Waals surface area contributed by atoms with Crippen LogP contribution in [-0.4, -0.2) is 40.0 Å². The van der Waals surface area contributed by atoms with E-state index in [-0.39, 0.29) is 11.3 Å². The molecule has 1 amide bonds. The van der Waals surface area contributed by atoms with Crippen LogP contribution >= 0.6 is 11.8 Å². The van der Waals surface area contributed by atoms with Gasteiger partial charge in [-0.15, -0.1) is 11.8 Å². The number of carbonyl (C=O) groups is 1. The number of phenolic OH excluding ortho intramolecular Hbond substituents is 1. The van der Waals surface area contributed by atoms with Gasteiger partial charge in [0.25, 0.3) is 5.91 Å². The maximum Gasteiger partial charge on any atom is 0.256 e. The molecule has 2 rings (SSSR count). The number of likely N-dealkylation sites (tertiary alicyclic amines) is 1. The van der Waals surface area contributed by atoms with E-state index in [4.69, 9.17) is 5.11 Å². The number of piperidine rings is 1. The van der Waals surface area contributed by atoms with Gasteiger partial charge in [0.15, 0.2) is 0 Å². The zero-order valence-electron chi connectivity index (χ0n) is 11.1. The van der Waals surface area contributed by atoms with Gasteiger partial charge in [-0.1, -0.05) is 0 Å². The SMILES string of the molecule is CSC1(C#N)CCN(C(=O)c2ccc(O)cc2F)CC1. The largest absolute Gasteiger partial charge is 0.508 e. The smallest absolute Gasteiger partial charge is 0.256 e. The van der Waals surface area contributed by atoms with Gasteiger partial charge in [0.2, 0.25) is 0 Å². The van der Waals surface area contributed by atoms with E-state index in [0.717, 1.165) is 6.07 Å². The van der Waals surface area contributed by atoms with Crippen molar-refractivity contribution in [3.8, 4) is 11.8 Å². The first-order chi connectivity index (χ1) is 9.51. The first kappa shape index (κ1) is 14.7. The van der Waals surface area contributed by atoms with Crippen molar-refractivity contribution in [1.29, 1.82) is 5.26 Å². The van der Waals surface area contributed by atoms with Crippen LogP contribution in [-0.2, 0) is 0 Å². The lowest BCUT2D eigenvalue weighted by molar-refractivity contribution is 0.0712. The molecule has 0 atom stereocenters. The van der Waals surface area contributed by atoms with E-state index < -0.39 is 16.5 Å². The number of halogens is 1. The third-order valence-corrected chi connectivity index (χ3v) is 4.92. The standard InChI is InChI=1S/C14H15FN2O2S/c1-20-14(9-16)4-6-17(7-5-14)13(19)11-3-2-10(18)8-12(11)15/h2-3,8,18H,4-7H2,1H3. The normalized spacial score (nSPS) is 17.6. The Hall–Kier alpha value is -1.74. The van der Waals surface area contributed by atoms with Crippen molar-refractivity contribution in [3.63, 3.8) is 0 Å². The molecule has 1 aliphatic rings. The molecule has 1 aromatic carbocycles. The molecule has 0 spiro atoms. The summed E-state index contributed by atoms with van der Waals surface area (Å²) in [4.78, 5) is 13.8. The van der Waals surface area contributed by atoms with Gasteiger partial charge < -0.3 is 10.0 Å².